The van der Waals surface area contributed by atoms with E-state index in [0.29, 0.717) is 5.41 Å². The zero-order valence-corrected chi connectivity index (χ0v) is 17.5. The molecule has 1 aliphatic heterocycles. The van der Waals surface area contributed by atoms with Gasteiger partial charge >= 0.3 is 0 Å². The van der Waals surface area contributed by atoms with Crippen molar-refractivity contribution < 1.29 is 0 Å². The van der Waals surface area contributed by atoms with E-state index in [9.17, 15) is 0 Å². The van der Waals surface area contributed by atoms with Crippen molar-refractivity contribution in [3.63, 3.8) is 0 Å². The summed E-state index contributed by atoms with van der Waals surface area (Å²) >= 11 is 1.75. The SMILES string of the molecule is CCc1nc(CNC(=NC)N2CCC3(CCCCC3)C2)cs1.I. The Morgan fingerprint density at radius 3 is 2.78 bits per heavy atom. The van der Waals surface area contributed by atoms with Crippen LogP contribution in [0.15, 0.2) is 10.4 Å². The third kappa shape index (κ3) is 4.59. The van der Waals surface area contributed by atoms with Crippen molar-refractivity contribution >= 4 is 41.3 Å². The summed E-state index contributed by atoms with van der Waals surface area (Å²) in [5, 5.41) is 6.88. The Balaban J connectivity index is 0.00000192. The van der Waals surface area contributed by atoms with Crippen LogP contribution in [0.2, 0.25) is 0 Å². The van der Waals surface area contributed by atoms with Gasteiger partial charge in [-0.15, -0.1) is 35.3 Å². The number of likely N-dealkylation sites (tertiary alicyclic amines) is 1. The lowest BCUT2D eigenvalue weighted by molar-refractivity contribution is 0.203. The van der Waals surface area contributed by atoms with E-state index in [1.165, 1.54) is 50.1 Å². The van der Waals surface area contributed by atoms with Crippen LogP contribution in [0.1, 0.15) is 56.2 Å². The molecule has 6 heteroatoms. The molecule has 1 spiro atoms. The molecule has 1 N–H and O–H groups in total. The Hall–Kier alpha value is -0.370. The predicted octanol–water partition coefficient (Wildman–Crippen LogP) is 4.06. The number of guanidine groups is 1. The molecule has 2 heterocycles. The van der Waals surface area contributed by atoms with Gasteiger partial charge < -0.3 is 10.2 Å². The lowest BCUT2D eigenvalue weighted by Gasteiger charge is -2.33. The Bertz CT molecular complexity index is 522. The Labute approximate surface area is 161 Å². The first-order valence-electron chi connectivity index (χ1n) is 8.63. The van der Waals surface area contributed by atoms with E-state index in [1.807, 2.05) is 7.05 Å². The minimum atomic E-state index is 0. The topological polar surface area (TPSA) is 40.5 Å². The predicted molar refractivity (Wildman–Crippen MR) is 109 cm³/mol. The molecule has 2 aliphatic rings. The van der Waals surface area contributed by atoms with Crippen LogP contribution in [0.25, 0.3) is 0 Å². The average molecular weight is 448 g/mol. The van der Waals surface area contributed by atoms with Gasteiger partial charge in [0.1, 0.15) is 0 Å². The average Bonchev–Trinajstić information content (AvgIpc) is 3.17. The molecule has 1 aliphatic carbocycles. The lowest BCUT2D eigenvalue weighted by Crippen LogP contribution is -2.41. The van der Waals surface area contributed by atoms with Gasteiger partial charge in [0.05, 0.1) is 17.2 Å². The standard InChI is InChI=1S/C17H28N4S.HI/c1-3-15-20-14(12-22-15)11-19-16(18-2)21-10-9-17(13-21)7-5-4-6-8-17;/h12H,3-11,13H2,1-2H3,(H,18,19);1H. The summed E-state index contributed by atoms with van der Waals surface area (Å²) in [7, 11) is 1.90. The van der Waals surface area contributed by atoms with Gasteiger partial charge in [0.2, 0.25) is 0 Å². The summed E-state index contributed by atoms with van der Waals surface area (Å²) in [5.74, 6) is 1.05. The van der Waals surface area contributed by atoms with E-state index in [0.717, 1.165) is 31.2 Å². The van der Waals surface area contributed by atoms with Gasteiger partial charge in [0.15, 0.2) is 5.96 Å². The molecule has 4 nitrogen and oxygen atoms in total. The Kier molecular flexibility index (Phi) is 7.13. The number of rotatable bonds is 3. The fraction of sp³-hybridized carbons (Fsp3) is 0.765. The van der Waals surface area contributed by atoms with Crippen LogP contribution in [-0.2, 0) is 13.0 Å². The number of halogens is 1. The number of aromatic nitrogens is 1. The van der Waals surface area contributed by atoms with Crippen molar-refractivity contribution in [3.05, 3.63) is 16.1 Å². The molecule has 0 bridgehead atoms. The van der Waals surface area contributed by atoms with Gasteiger partial charge in [0.25, 0.3) is 0 Å². The fourth-order valence-electron chi connectivity index (χ4n) is 3.92. The highest BCUT2D eigenvalue weighted by molar-refractivity contribution is 14.0. The number of hydrogen-bond acceptors (Lipinski definition) is 3. The number of hydrogen-bond donors (Lipinski definition) is 1. The molecule has 1 saturated carbocycles. The van der Waals surface area contributed by atoms with Gasteiger partial charge in [-0.2, -0.15) is 0 Å². The number of nitrogens with one attached hydrogen (secondary N) is 1. The van der Waals surface area contributed by atoms with Crippen LogP contribution >= 0.6 is 35.3 Å². The van der Waals surface area contributed by atoms with Crippen LogP contribution < -0.4 is 5.32 Å². The second-order valence-electron chi connectivity index (χ2n) is 6.72. The summed E-state index contributed by atoms with van der Waals surface area (Å²) in [6.45, 7) is 5.27. The number of thiazole rings is 1. The van der Waals surface area contributed by atoms with Crippen LogP contribution in [0, 0.1) is 5.41 Å². The normalized spacial score (nSPS) is 20.6. The molecule has 23 heavy (non-hydrogen) atoms. The number of aryl methyl sites for hydroxylation is 1. The minimum Gasteiger partial charge on any atom is -0.351 e. The first kappa shape index (κ1) is 19.0. The van der Waals surface area contributed by atoms with Gasteiger partial charge in [0, 0.05) is 25.5 Å². The zero-order chi connectivity index (χ0) is 15.4. The van der Waals surface area contributed by atoms with Gasteiger partial charge in [-0.1, -0.05) is 26.2 Å². The third-order valence-corrected chi connectivity index (χ3v) is 6.24. The molecule has 0 radical (unpaired) electrons. The summed E-state index contributed by atoms with van der Waals surface area (Å²) < 4.78 is 0. The molecule has 3 rings (SSSR count). The van der Waals surface area contributed by atoms with Crippen LogP contribution in [0.4, 0.5) is 0 Å². The van der Waals surface area contributed by atoms with Crippen molar-refractivity contribution in [3.8, 4) is 0 Å². The smallest absolute Gasteiger partial charge is 0.193 e. The van der Waals surface area contributed by atoms with E-state index in [2.05, 4.69) is 32.5 Å². The molecular weight excluding hydrogens is 419 g/mol. The second-order valence-corrected chi connectivity index (χ2v) is 7.66. The molecule has 0 unspecified atom stereocenters. The van der Waals surface area contributed by atoms with E-state index < -0.39 is 0 Å². The highest BCUT2D eigenvalue weighted by Crippen LogP contribution is 2.43. The molecule has 130 valence electrons. The first-order valence-corrected chi connectivity index (χ1v) is 9.51. The lowest BCUT2D eigenvalue weighted by atomic mass is 9.73. The van der Waals surface area contributed by atoms with Crippen molar-refractivity contribution in [1.82, 2.24) is 15.2 Å². The van der Waals surface area contributed by atoms with Crippen molar-refractivity contribution in [1.29, 1.82) is 0 Å². The van der Waals surface area contributed by atoms with E-state index in [-0.39, 0.29) is 24.0 Å². The maximum Gasteiger partial charge on any atom is 0.193 e. The highest BCUT2D eigenvalue weighted by atomic mass is 127. The first-order chi connectivity index (χ1) is 10.7. The van der Waals surface area contributed by atoms with Gasteiger partial charge in [-0.05, 0) is 31.1 Å². The van der Waals surface area contributed by atoms with Gasteiger partial charge in [-0.25, -0.2) is 4.98 Å². The highest BCUT2D eigenvalue weighted by Gasteiger charge is 2.39. The van der Waals surface area contributed by atoms with Crippen molar-refractivity contribution in [2.24, 2.45) is 10.4 Å². The maximum absolute atomic E-state index is 4.63. The minimum absolute atomic E-state index is 0. The monoisotopic (exact) mass is 448 g/mol. The Morgan fingerprint density at radius 1 is 1.35 bits per heavy atom. The zero-order valence-electron chi connectivity index (χ0n) is 14.3. The van der Waals surface area contributed by atoms with E-state index in [1.54, 1.807) is 11.3 Å². The van der Waals surface area contributed by atoms with Crippen LogP contribution in [0.5, 0.6) is 0 Å². The number of nitrogens with zero attached hydrogens (tertiary/aromatic N) is 3. The van der Waals surface area contributed by atoms with E-state index >= 15 is 0 Å². The summed E-state index contributed by atoms with van der Waals surface area (Å²) in [4.78, 5) is 11.6. The van der Waals surface area contributed by atoms with E-state index in [4.69, 9.17) is 0 Å². The largest absolute Gasteiger partial charge is 0.351 e. The molecule has 2 fully saturated rings. The maximum atomic E-state index is 4.63. The molecule has 0 atom stereocenters. The molecule has 1 saturated heterocycles. The molecule has 1 aromatic heterocycles. The second kappa shape index (κ2) is 8.65. The van der Waals surface area contributed by atoms with Crippen molar-refractivity contribution in [2.75, 3.05) is 20.1 Å². The molecule has 0 amide bonds. The summed E-state index contributed by atoms with van der Waals surface area (Å²) in [6.07, 6.45) is 9.44. The molecule has 0 aromatic carbocycles. The van der Waals surface area contributed by atoms with Crippen molar-refractivity contribution in [2.45, 2.75) is 58.4 Å². The van der Waals surface area contributed by atoms with Crippen LogP contribution in [-0.4, -0.2) is 36.0 Å². The Morgan fingerprint density at radius 2 is 2.13 bits per heavy atom. The number of aliphatic imine (C=N–C) groups is 1. The third-order valence-electron chi connectivity index (χ3n) is 5.19. The summed E-state index contributed by atoms with van der Waals surface area (Å²) in [6, 6.07) is 0. The fourth-order valence-corrected chi connectivity index (χ4v) is 4.66. The molecular formula is C17H29IN4S. The quantitative estimate of drug-likeness (QED) is 0.431. The van der Waals surface area contributed by atoms with Gasteiger partial charge in [-0.3, -0.25) is 4.99 Å². The molecule has 1 aromatic rings. The van der Waals surface area contributed by atoms with Crippen LogP contribution in [0.3, 0.4) is 0 Å². The summed E-state index contributed by atoms with van der Waals surface area (Å²) in [5.41, 5.74) is 1.71.